The van der Waals surface area contributed by atoms with E-state index in [0.29, 0.717) is 10.7 Å². The largest absolute Gasteiger partial charge is 1.00 e. The molecule has 0 atom stereocenters. The van der Waals surface area contributed by atoms with Crippen LogP contribution in [0.5, 0.6) is 0 Å². The van der Waals surface area contributed by atoms with E-state index in [9.17, 15) is 4.79 Å². The van der Waals surface area contributed by atoms with Gasteiger partial charge in [0.15, 0.2) is 0 Å². The van der Waals surface area contributed by atoms with E-state index in [1.807, 2.05) is 19.1 Å². The number of aryl methyl sites for hydroxylation is 1. The summed E-state index contributed by atoms with van der Waals surface area (Å²) in [6.07, 6.45) is 6.25. The predicted octanol–water partition coefficient (Wildman–Crippen LogP) is 2.07. The van der Waals surface area contributed by atoms with E-state index in [0.717, 1.165) is 19.7 Å². The summed E-state index contributed by atoms with van der Waals surface area (Å²) in [6, 6.07) is 5.65. The Morgan fingerprint density at radius 3 is 2.56 bits per heavy atom. The first-order valence-electron chi connectivity index (χ1n) is 6.19. The molecule has 0 heterocycles. The molecule has 0 spiro atoms. The average Bonchev–Trinajstić information content (AvgIpc) is 2.30. The molecule has 1 aromatic carbocycles. The van der Waals surface area contributed by atoms with E-state index in [1.165, 1.54) is 32.1 Å². The summed E-state index contributed by atoms with van der Waals surface area (Å²) in [5.41, 5.74) is 2.46. The van der Waals surface area contributed by atoms with Crippen LogP contribution in [-0.4, -0.2) is 11.2 Å². The zero-order chi connectivity index (χ0) is 12.3. The van der Waals surface area contributed by atoms with Gasteiger partial charge in [-0.05, 0) is 18.6 Å². The molecule has 2 rings (SSSR count). The van der Waals surface area contributed by atoms with Gasteiger partial charge in [0.2, 0.25) is 0 Å². The van der Waals surface area contributed by atoms with Crippen LogP contribution in [-0.2, 0) is 0 Å². The van der Waals surface area contributed by atoms with Gasteiger partial charge in [0.25, 0.3) is 0 Å². The number of halogens is 1. The Bertz CT molecular complexity index is 396. The normalized spacial score (nSPS) is 16.8. The Morgan fingerprint density at radius 2 is 1.94 bits per heavy atom. The fourth-order valence-corrected chi connectivity index (χ4v) is 4.10. The minimum Gasteiger partial charge on any atom is -0.456 e. The van der Waals surface area contributed by atoms with Crippen LogP contribution in [0.2, 0.25) is 5.02 Å². The van der Waals surface area contributed by atoms with E-state index < -0.39 is 0 Å². The fourth-order valence-electron chi connectivity index (χ4n) is 2.34. The summed E-state index contributed by atoms with van der Waals surface area (Å²) in [5, 5.41) is 0.596. The number of hydrogen-bond acceptors (Lipinski definition) is 1. The second kappa shape index (κ2) is 7.71. The van der Waals surface area contributed by atoms with Crippen LogP contribution < -0.4 is 18.9 Å². The molecule has 0 bridgehead atoms. The summed E-state index contributed by atoms with van der Waals surface area (Å²) in [4.78, 5) is 12.3. The van der Waals surface area contributed by atoms with Crippen molar-refractivity contribution in [3.05, 3.63) is 34.3 Å². The van der Waals surface area contributed by atoms with Crippen molar-refractivity contribution in [1.29, 1.82) is 0 Å². The Hall–Kier alpha value is 0.207. The van der Waals surface area contributed by atoms with Gasteiger partial charge in [-0.15, -0.1) is 0 Å². The average molecular weight is 275 g/mol. The second-order valence-electron chi connectivity index (χ2n) is 4.66. The van der Waals surface area contributed by atoms with E-state index in [1.54, 1.807) is 6.07 Å². The summed E-state index contributed by atoms with van der Waals surface area (Å²) >= 11 is 6.12. The van der Waals surface area contributed by atoms with Gasteiger partial charge < -0.3 is 13.4 Å². The smallest absolute Gasteiger partial charge is 0.456 e. The third kappa shape index (κ3) is 4.11. The van der Waals surface area contributed by atoms with Crippen LogP contribution in [0.25, 0.3) is 0 Å². The quantitative estimate of drug-likeness (QED) is 0.609. The monoisotopic (exact) mass is 274 g/mol. The molecule has 1 aliphatic rings. The zero-order valence-corrected chi connectivity index (χ0v) is 12.7. The van der Waals surface area contributed by atoms with Crippen LogP contribution in [0.15, 0.2) is 18.2 Å². The molecule has 0 saturated heterocycles. The molecule has 0 aliphatic heterocycles. The topological polar surface area (TPSA) is 17.1 Å². The number of rotatable bonds is 3. The molecule has 4 heteroatoms. The SMILES string of the molecule is Cc1cccc(Cl)c1C(=O)[P-]C1CCCCC1.[Li+]. The van der Waals surface area contributed by atoms with E-state index >= 15 is 0 Å². The van der Waals surface area contributed by atoms with Crippen molar-refractivity contribution in [2.45, 2.75) is 44.7 Å². The molecule has 1 nitrogen and oxygen atoms in total. The van der Waals surface area contributed by atoms with Crippen LogP contribution in [0, 0.1) is 6.92 Å². The van der Waals surface area contributed by atoms with Gasteiger partial charge in [0.05, 0.1) is 0 Å². The summed E-state index contributed by atoms with van der Waals surface area (Å²) in [7, 11) is 0.940. The molecule has 0 amide bonds. The van der Waals surface area contributed by atoms with Gasteiger partial charge in [0, 0.05) is 16.1 Å². The molecular formula is C14H17ClLiOP. The van der Waals surface area contributed by atoms with Gasteiger partial charge in [-0.2, -0.15) is 5.66 Å². The maximum absolute atomic E-state index is 12.3. The number of carbonyl (C=O) groups excluding carboxylic acids is 1. The first kappa shape index (κ1) is 16.3. The van der Waals surface area contributed by atoms with Crippen LogP contribution >= 0.6 is 20.2 Å². The van der Waals surface area contributed by atoms with E-state index in [-0.39, 0.29) is 24.4 Å². The van der Waals surface area contributed by atoms with Gasteiger partial charge in [-0.25, -0.2) is 0 Å². The van der Waals surface area contributed by atoms with Gasteiger partial charge in [-0.1, -0.05) is 55.8 Å². The fraction of sp³-hybridized carbons (Fsp3) is 0.500. The molecule has 18 heavy (non-hydrogen) atoms. The van der Waals surface area contributed by atoms with Crippen molar-refractivity contribution in [1.82, 2.24) is 0 Å². The molecule has 0 N–H and O–H groups in total. The van der Waals surface area contributed by atoms with E-state index in [2.05, 4.69) is 0 Å². The Balaban J connectivity index is 0.00000162. The third-order valence-corrected chi connectivity index (χ3v) is 4.96. The van der Waals surface area contributed by atoms with Crippen molar-refractivity contribution in [3.63, 3.8) is 0 Å². The zero-order valence-electron chi connectivity index (χ0n) is 11.1. The minimum atomic E-state index is 0. The maximum atomic E-state index is 12.3. The number of benzene rings is 1. The third-order valence-electron chi connectivity index (χ3n) is 3.31. The molecule has 0 unspecified atom stereocenters. The van der Waals surface area contributed by atoms with Crippen LogP contribution in [0.3, 0.4) is 0 Å². The van der Waals surface area contributed by atoms with Crippen molar-refractivity contribution in [2.24, 2.45) is 0 Å². The molecule has 1 aliphatic carbocycles. The van der Waals surface area contributed by atoms with Gasteiger partial charge in [0.1, 0.15) is 0 Å². The predicted molar refractivity (Wildman–Crippen MR) is 74.3 cm³/mol. The Morgan fingerprint density at radius 1 is 1.28 bits per heavy atom. The van der Waals surface area contributed by atoms with Crippen molar-refractivity contribution in [2.75, 3.05) is 0 Å². The molecule has 1 aromatic rings. The molecule has 0 radical (unpaired) electrons. The number of hydrogen-bond donors (Lipinski definition) is 0. The van der Waals surface area contributed by atoms with E-state index in [4.69, 9.17) is 11.6 Å². The van der Waals surface area contributed by atoms with Crippen LogP contribution in [0.4, 0.5) is 0 Å². The second-order valence-corrected chi connectivity index (χ2v) is 6.46. The summed E-state index contributed by atoms with van der Waals surface area (Å²) in [6.45, 7) is 1.95. The molecule has 1 saturated carbocycles. The first-order valence-corrected chi connectivity index (χ1v) is 7.53. The van der Waals surface area contributed by atoms with Crippen molar-refractivity contribution < 1.29 is 23.7 Å². The maximum Gasteiger partial charge on any atom is 1.00 e. The Labute approximate surface area is 128 Å². The molecule has 1 fully saturated rings. The molecular weight excluding hydrogens is 258 g/mol. The summed E-state index contributed by atoms with van der Waals surface area (Å²) in [5.74, 6) is 0. The molecule has 92 valence electrons. The standard InChI is InChI=1S/C14H17ClOP.Li/c1-10-6-5-9-12(15)13(10)14(16)17-11-7-3-2-4-8-11;/h5-6,9,11H,2-4,7-8H2,1H3;/q-1;+1. The Kier molecular flexibility index (Phi) is 6.97. The van der Waals surface area contributed by atoms with Crippen LogP contribution in [0.1, 0.15) is 48.0 Å². The van der Waals surface area contributed by atoms with Gasteiger partial charge in [-0.3, -0.25) is 0 Å². The van der Waals surface area contributed by atoms with Crippen molar-refractivity contribution in [3.8, 4) is 0 Å². The van der Waals surface area contributed by atoms with Gasteiger partial charge >= 0.3 is 18.9 Å². The first-order chi connectivity index (χ1) is 8.18. The number of carbonyl (C=O) groups is 1. The van der Waals surface area contributed by atoms with Crippen molar-refractivity contribution >= 4 is 25.7 Å². The molecule has 0 aromatic heterocycles. The summed E-state index contributed by atoms with van der Waals surface area (Å²) < 4.78 is 0. The minimum absolute atomic E-state index is 0.